The van der Waals surface area contributed by atoms with Gasteiger partial charge in [0.05, 0.1) is 11.7 Å². The molecule has 2 aliphatic heterocycles. The number of benzene rings is 1. The predicted molar refractivity (Wildman–Crippen MR) is 127 cm³/mol. The molecule has 6 nitrogen and oxygen atoms in total. The first-order valence-corrected chi connectivity index (χ1v) is 14.1. The van der Waals surface area contributed by atoms with E-state index in [1.165, 1.54) is 0 Å². The van der Waals surface area contributed by atoms with Crippen LogP contribution in [-0.2, 0) is 27.4 Å². The van der Waals surface area contributed by atoms with E-state index < -0.39 is 34.2 Å². The van der Waals surface area contributed by atoms with Crippen LogP contribution in [0.15, 0.2) is 30.3 Å². The standard InChI is InChI=1S/C24H29BF3N3O3S/c1-16-3-2-4-18(13-16)23-19(25-8-11-35(33,34)12-9-25)7-10-30(23)22(32)15-31-21(24(26,27)28)14-20(29-31)17-5-6-17/h2-4,13-14,17,19,23H,5-12,15H2,1H3. The molecule has 3 heterocycles. The summed E-state index contributed by atoms with van der Waals surface area (Å²) in [5.74, 6) is 0.0199. The lowest BCUT2D eigenvalue weighted by Crippen LogP contribution is -2.38. The molecule has 0 N–H and O–H groups in total. The molecule has 5 rings (SSSR count). The van der Waals surface area contributed by atoms with Crippen molar-refractivity contribution in [2.75, 3.05) is 18.1 Å². The van der Waals surface area contributed by atoms with Crippen LogP contribution in [0.4, 0.5) is 13.2 Å². The second-order valence-electron chi connectivity index (χ2n) is 10.3. The highest BCUT2D eigenvalue weighted by Gasteiger charge is 2.45. The average Bonchev–Trinajstić information content (AvgIpc) is 3.38. The highest BCUT2D eigenvalue weighted by molar-refractivity contribution is 7.91. The van der Waals surface area contributed by atoms with Gasteiger partial charge >= 0.3 is 6.18 Å². The van der Waals surface area contributed by atoms with E-state index in [0.29, 0.717) is 31.3 Å². The molecule has 35 heavy (non-hydrogen) atoms. The van der Waals surface area contributed by atoms with Crippen molar-refractivity contribution in [3.05, 3.63) is 52.8 Å². The van der Waals surface area contributed by atoms with E-state index in [9.17, 15) is 26.4 Å². The van der Waals surface area contributed by atoms with E-state index in [-0.39, 0.29) is 36.0 Å². The Morgan fingerprint density at radius 1 is 1.14 bits per heavy atom. The van der Waals surface area contributed by atoms with Crippen LogP contribution in [-0.4, -0.2) is 53.8 Å². The number of hydrogen-bond acceptors (Lipinski definition) is 4. The zero-order chi connectivity index (χ0) is 25.0. The Balaban J connectivity index is 1.43. The summed E-state index contributed by atoms with van der Waals surface area (Å²) in [6.07, 6.45) is -1.13. The van der Waals surface area contributed by atoms with Crippen LogP contribution in [0.2, 0.25) is 18.5 Å². The van der Waals surface area contributed by atoms with Crippen molar-refractivity contribution >= 4 is 22.5 Å². The molecule has 1 saturated carbocycles. The number of likely N-dealkylation sites (tertiary alicyclic amines) is 1. The third kappa shape index (κ3) is 5.15. The molecule has 2 atom stereocenters. The summed E-state index contributed by atoms with van der Waals surface area (Å²) in [6.45, 7) is 2.09. The van der Waals surface area contributed by atoms with Gasteiger partial charge in [-0.1, -0.05) is 42.5 Å². The number of carbonyl (C=O) groups is 1. The first kappa shape index (κ1) is 24.4. The van der Waals surface area contributed by atoms with Crippen LogP contribution in [0.3, 0.4) is 0 Å². The van der Waals surface area contributed by atoms with Crippen LogP contribution < -0.4 is 0 Å². The minimum Gasteiger partial charge on any atom is -0.334 e. The van der Waals surface area contributed by atoms with Gasteiger partial charge in [0, 0.05) is 24.0 Å². The number of amides is 1. The molecular formula is C24H29BF3N3O3S. The quantitative estimate of drug-likeness (QED) is 0.565. The first-order chi connectivity index (χ1) is 16.5. The van der Waals surface area contributed by atoms with Crippen molar-refractivity contribution in [1.82, 2.24) is 14.7 Å². The largest absolute Gasteiger partial charge is 0.433 e. The highest BCUT2D eigenvalue weighted by atomic mass is 32.2. The maximum atomic E-state index is 13.7. The zero-order valence-electron chi connectivity index (χ0n) is 19.7. The molecule has 0 bridgehead atoms. The molecule has 0 radical (unpaired) electrons. The number of hydrogen-bond donors (Lipinski definition) is 0. The van der Waals surface area contributed by atoms with Gasteiger partial charge in [-0.05, 0) is 43.6 Å². The van der Waals surface area contributed by atoms with Crippen molar-refractivity contribution in [2.24, 2.45) is 0 Å². The average molecular weight is 507 g/mol. The Morgan fingerprint density at radius 3 is 2.49 bits per heavy atom. The Hall–Kier alpha value is -2.30. The molecule has 0 spiro atoms. The highest BCUT2D eigenvalue weighted by Crippen LogP contribution is 2.47. The molecule has 1 aliphatic carbocycles. The molecular weight excluding hydrogens is 478 g/mol. The Morgan fingerprint density at radius 2 is 1.86 bits per heavy atom. The van der Waals surface area contributed by atoms with Gasteiger partial charge in [-0.3, -0.25) is 9.48 Å². The second kappa shape index (κ2) is 8.98. The number of sulfone groups is 1. The molecule has 2 saturated heterocycles. The first-order valence-electron chi connectivity index (χ1n) is 12.2. The predicted octanol–water partition coefficient (Wildman–Crippen LogP) is 4.35. The van der Waals surface area contributed by atoms with Gasteiger partial charge in [-0.2, -0.15) is 18.3 Å². The normalized spacial score (nSPS) is 24.7. The summed E-state index contributed by atoms with van der Waals surface area (Å²) in [5, 5.41) is 4.17. The lowest BCUT2D eigenvalue weighted by molar-refractivity contribution is -0.146. The van der Waals surface area contributed by atoms with Crippen LogP contribution in [0.25, 0.3) is 0 Å². The number of halogens is 3. The summed E-state index contributed by atoms with van der Waals surface area (Å²) < 4.78 is 65.9. The summed E-state index contributed by atoms with van der Waals surface area (Å²) in [6, 6.07) is 8.65. The van der Waals surface area contributed by atoms with Crippen LogP contribution in [0.5, 0.6) is 0 Å². The lowest BCUT2D eigenvalue weighted by atomic mass is 9.35. The van der Waals surface area contributed by atoms with Crippen molar-refractivity contribution in [1.29, 1.82) is 0 Å². The van der Waals surface area contributed by atoms with Gasteiger partial charge in [-0.25, -0.2) is 8.42 Å². The van der Waals surface area contributed by atoms with E-state index in [1.807, 2.05) is 31.2 Å². The van der Waals surface area contributed by atoms with Gasteiger partial charge in [-0.15, -0.1) is 0 Å². The van der Waals surface area contributed by atoms with Gasteiger partial charge < -0.3 is 4.90 Å². The Kier molecular flexibility index (Phi) is 6.26. The van der Waals surface area contributed by atoms with E-state index >= 15 is 0 Å². The minimum atomic E-state index is -4.59. The fraction of sp³-hybridized carbons (Fsp3) is 0.583. The fourth-order valence-electron chi connectivity index (χ4n) is 5.79. The number of aromatic nitrogens is 2. The van der Waals surface area contributed by atoms with E-state index in [2.05, 4.69) is 5.10 Å². The molecule has 2 aromatic rings. The third-order valence-corrected chi connectivity index (χ3v) is 9.44. The number of aryl methyl sites for hydroxylation is 1. The second-order valence-corrected chi connectivity index (χ2v) is 12.6. The van der Waals surface area contributed by atoms with Gasteiger partial charge in [0.2, 0.25) is 5.91 Å². The molecule has 1 aromatic carbocycles. The van der Waals surface area contributed by atoms with Crippen molar-refractivity contribution < 1.29 is 26.4 Å². The summed E-state index contributed by atoms with van der Waals surface area (Å²) in [4.78, 5) is 15.2. The number of rotatable bonds is 5. The smallest absolute Gasteiger partial charge is 0.334 e. The molecule has 188 valence electrons. The Labute approximate surface area is 203 Å². The zero-order valence-corrected chi connectivity index (χ0v) is 20.5. The maximum Gasteiger partial charge on any atom is 0.433 e. The monoisotopic (exact) mass is 507 g/mol. The number of nitrogens with zero attached hydrogens (tertiary/aromatic N) is 3. The van der Waals surface area contributed by atoms with E-state index in [4.69, 9.17) is 0 Å². The number of alkyl halides is 3. The molecule has 2 unspecified atom stereocenters. The summed E-state index contributed by atoms with van der Waals surface area (Å²) in [5.41, 5.74) is 1.51. The SMILES string of the molecule is Cc1cccc(C2C(B3CCS(=O)(=O)CC3)CCN2C(=O)Cn2nc(C3CC3)cc2C(F)(F)F)c1. The van der Waals surface area contributed by atoms with Crippen LogP contribution >= 0.6 is 0 Å². The van der Waals surface area contributed by atoms with Crippen molar-refractivity contribution in [3.8, 4) is 0 Å². The molecule has 1 aromatic heterocycles. The van der Waals surface area contributed by atoms with E-state index in [0.717, 1.165) is 34.7 Å². The number of carbonyl (C=O) groups excluding carboxylic acids is 1. The van der Waals surface area contributed by atoms with Crippen molar-refractivity contribution in [2.45, 2.75) is 69.3 Å². The van der Waals surface area contributed by atoms with Gasteiger partial charge in [0.1, 0.15) is 28.8 Å². The maximum absolute atomic E-state index is 13.7. The summed E-state index contributed by atoms with van der Waals surface area (Å²) in [7, 11) is -3.02. The van der Waals surface area contributed by atoms with Crippen molar-refractivity contribution in [3.63, 3.8) is 0 Å². The van der Waals surface area contributed by atoms with E-state index in [1.54, 1.807) is 4.90 Å². The lowest BCUT2D eigenvalue weighted by Gasteiger charge is -2.33. The van der Waals surface area contributed by atoms with Gasteiger partial charge in [0.25, 0.3) is 0 Å². The topological polar surface area (TPSA) is 72.3 Å². The van der Waals surface area contributed by atoms with Crippen LogP contribution in [0, 0.1) is 6.92 Å². The van der Waals surface area contributed by atoms with Crippen LogP contribution in [0.1, 0.15) is 53.7 Å². The molecule has 3 aliphatic rings. The fourth-order valence-corrected chi connectivity index (χ4v) is 7.32. The molecule has 1 amide bonds. The minimum absolute atomic E-state index is 0.0474. The Bertz CT molecular complexity index is 1210. The molecule has 3 fully saturated rings. The summed E-state index contributed by atoms with van der Waals surface area (Å²) >= 11 is 0. The van der Waals surface area contributed by atoms with Gasteiger partial charge in [0.15, 0.2) is 0 Å². The molecule has 11 heteroatoms. The third-order valence-electron chi connectivity index (χ3n) is 7.72.